The fourth-order valence-corrected chi connectivity index (χ4v) is 1.76. The molecule has 102 valence electrons. The molecule has 1 aromatic rings. The van der Waals surface area contributed by atoms with E-state index >= 15 is 0 Å². The molecule has 0 radical (unpaired) electrons. The van der Waals surface area contributed by atoms with Crippen LogP contribution in [-0.4, -0.2) is 13.1 Å². The molecule has 0 aliphatic heterocycles. The number of nitrogens with two attached hydrogens (primary N) is 1. The minimum Gasteiger partial charge on any atom is -0.469 e. The highest BCUT2D eigenvalue weighted by atomic mass is 79.9. The van der Waals surface area contributed by atoms with E-state index < -0.39 is 23.2 Å². The van der Waals surface area contributed by atoms with Gasteiger partial charge in [0.2, 0.25) is 0 Å². The predicted octanol–water partition coefficient (Wildman–Crippen LogP) is 3.21. The van der Waals surface area contributed by atoms with E-state index in [0.29, 0.717) is 10.0 Å². The van der Waals surface area contributed by atoms with Crippen LogP contribution in [0.1, 0.15) is 25.5 Å². The zero-order chi connectivity index (χ0) is 13.2. The van der Waals surface area contributed by atoms with Crippen molar-refractivity contribution in [1.82, 2.24) is 0 Å². The zero-order valence-corrected chi connectivity index (χ0v) is 12.8. The number of halogens is 3. The monoisotopic (exact) mass is 339 g/mol. The SMILES string of the molecule is COC(=O)C(C)(C)[C@@H](N)c1ccc(Br)c(F)c1.Cl. The van der Waals surface area contributed by atoms with E-state index in [0.717, 1.165) is 0 Å². The molecule has 0 aromatic heterocycles. The van der Waals surface area contributed by atoms with Gasteiger partial charge in [-0.25, -0.2) is 4.39 Å². The minimum absolute atomic E-state index is 0. The molecule has 1 atom stereocenters. The quantitative estimate of drug-likeness (QED) is 0.860. The van der Waals surface area contributed by atoms with Gasteiger partial charge in [0, 0.05) is 6.04 Å². The molecule has 6 heteroatoms. The van der Waals surface area contributed by atoms with Crippen LogP contribution < -0.4 is 5.73 Å². The summed E-state index contributed by atoms with van der Waals surface area (Å²) >= 11 is 3.06. The molecule has 0 saturated heterocycles. The van der Waals surface area contributed by atoms with Crippen LogP contribution in [0.2, 0.25) is 0 Å². The molecule has 18 heavy (non-hydrogen) atoms. The summed E-state index contributed by atoms with van der Waals surface area (Å²) in [7, 11) is 1.30. The lowest BCUT2D eigenvalue weighted by Crippen LogP contribution is -2.37. The highest BCUT2D eigenvalue weighted by Gasteiger charge is 2.36. The van der Waals surface area contributed by atoms with E-state index in [9.17, 15) is 9.18 Å². The molecule has 0 unspecified atom stereocenters. The van der Waals surface area contributed by atoms with Crippen LogP contribution >= 0.6 is 28.3 Å². The first-order valence-corrected chi connectivity index (χ1v) is 5.89. The van der Waals surface area contributed by atoms with E-state index in [1.807, 2.05) is 0 Å². The van der Waals surface area contributed by atoms with Crippen molar-refractivity contribution in [2.45, 2.75) is 19.9 Å². The number of benzene rings is 1. The van der Waals surface area contributed by atoms with Crippen molar-refractivity contribution >= 4 is 34.3 Å². The van der Waals surface area contributed by atoms with Gasteiger partial charge < -0.3 is 10.5 Å². The number of carbonyl (C=O) groups is 1. The van der Waals surface area contributed by atoms with Gasteiger partial charge in [-0.1, -0.05) is 6.07 Å². The summed E-state index contributed by atoms with van der Waals surface area (Å²) in [6.07, 6.45) is 0. The topological polar surface area (TPSA) is 52.3 Å². The molecule has 1 aromatic carbocycles. The Balaban J connectivity index is 0.00000289. The molecular weight excluding hydrogens is 324 g/mol. The first kappa shape index (κ1) is 17.4. The van der Waals surface area contributed by atoms with Crippen LogP contribution in [0.3, 0.4) is 0 Å². The van der Waals surface area contributed by atoms with Crippen molar-refractivity contribution in [1.29, 1.82) is 0 Å². The molecule has 0 amide bonds. The summed E-state index contributed by atoms with van der Waals surface area (Å²) in [5, 5.41) is 0. The van der Waals surface area contributed by atoms with Crippen LogP contribution in [0.5, 0.6) is 0 Å². The molecule has 2 N–H and O–H groups in total. The Bertz CT molecular complexity index is 440. The number of carbonyl (C=O) groups excluding carboxylic acids is 1. The van der Waals surface area contributed by atoms with Crippen LogP contribution in [0.15, 0.2) is 22.7 Å². The van der Waals surface area contributed by atoms with E-state index in [1.54, 1.807) is 26.0 Å². The Kier molecular flexibility index (Phi) is 6.26. The second-order valence-electron chi connectivity index (χ2n) is 4.36. The zero-order valence-electron chi connectivity index (χ0n) is 10.4. The number of hydrogen-bond donors (Lipinski definition) is 1. The van der Waals surface area contributed by atoms with Gasteiger partial charge in [0.05, 0.1) is 17.0 Å². The largest absolute Gasteiger partial charge is 0.469 e. The van der Waals surface area contributed by atoms with Crippen molar-refractivity contribution < 1.29 is 13.9 Å². The van der Waals surface area contributed by atoms with Crippen molar-refractivity contribution in [2.75, 3.05) is 7.11 Å². The molecular formula is C12H16BrClFNO2. The average molecular weight is 341 g/mol. The maximum Gasteiger partial charge on any atom is 0.313 e. The highest BCUT2D eigenvalue weighted by molar-refractivity contribution is 9.10. The lowest BCUT2D eigenvalue weighted by molar-refractivity contribution is -0.152. The number of hydrogen-bond acceptors (Lipinski definition) is 3. The maximum atomic E-state index is 13.4. The minimum atomic E-state index is -0.908. The van der Waals surface area contributed by atoms with Crippen LogP contribution in [0, 0.1) is 11.2 Å². The third-order valence-corrected chi connectivity index (χ3v) is 3.43. The van der Waals surface area contributed by atoms with Gasteiger partial charge in [0.1, 0.15) is 5.82 Å². The van der Waals surface area contributed by atoms with Crippen molar-refractivity contribution in [3.63, 3.8) is 0 Å². The van der Waals surface area contributed by atoms with E-state index in [-0.39, 0.29) is 12.4 Å². The Hall–Kier alpha value is -0.650. The van der Waals surface area contributed by atoms with Gasteiger partial charge in [0.15, 0.2) is 0 Å². The van der Waals surface area contributed by atoms with E-state index in [2.05, 4.69) is 20.7 Å². The third kappa shape index (κ3) is 3.43. The van der Waals surface area contributed by atoms with Crippen molar-refractivity contribution in [3.8, 4) is 0 Å². The van der Waals surface area contributed by atoms with Crippen molar-refractivity contribution in [3.05, 3.63) is 34.1 Å². The molecule has 0 bridgehead atoms. The fraction of sp³-hybridized carbons (Fsp3) is 0.417. The Morgan fingerprint density at radius 1 is 1.50 bits per heavy atom. The van der Waals surface area contributed by atoms with Gasteiger partial charge in [-0.15, -0.1) is 12.4 Å². The van der Waals surface area contributed by atoms with Gasteiger partial charge in [-0.05, 0) is 47.5 Å². The molecule has 0 spiro atoms. The van der Waals surface area contributed by atoms with Gasteiger partial charge in [0.25, 0.3) is 0 Å². The van der Waals surface area contributed by atoms with Gasteiger partial charge in [-0.2, -0.15) is 0 Å². The molecule has 0 heterocycles. The highest BCUT2D eigenvalue weighted by Crippen LogP contribution is 2.33. The van der Waals surface area contributed by atoms with Gasteiger partial charge in [-0.3, -0.25) is 4.79 Å². The van der Waals surface area contributed by atoms with E-state index in [1.165, 1.54) is 13.2 Å². The van der Waals surface area contributed by atoms with Crippen LogP contribution in [0.25, 0.3) is 0 Å². The summed E-state index contributed by atoms with van der Waals surface area (Å²) in [6.45, 7) is 3.34. The van der Waals surface area contributed by atoms with Crippen LogP contribution in [-0.2, 0) is 9.53 Å². The summed E-state index contributed by atoms with van der Waals surface area (Å²) in [6, 6.07) is 3.94. The lowest BCUT2D eigenvalue weighted by atomic mass is 9.81. The maximum absolute atomic E-state index is 13.4. The van der Waals surface area contributed by atoms with E-state index in [4.69, 9.17) is 5.73 Å². The second kappa shape index (κ2) is 6.50. The third-order valence-electron chi connectivity index (χ3n) is 2.79. The lowest BCUT2D eigenvalue weighted by Gasteiger charge is -2.29. The second-order valence-corrected chi connectivity index (χ2v) is 5.22. The summed E-state index contributed by atoms with van der Waals surface area (Å²) in [4.78, 5) is 11.6. The number of ether oxygens (including phenoxy) is 1. The summed E-state index contributed by atoms with van der Waals surface area (Å²) < 4.78 is 18.4. The molecule has 0 aliphatic rings. The summed E-state index contributed by atoms with van der Waals surface area (Å²) in [5.41, 5.74) is 5.63. The standard InChI is InChI=1S/C12H15BrFNO2.ClH/c1-12(2,11(16)17-3)10(15)7-4-5-8(13)9(14)6-7;/h4-6,10H,15H2,1-3H3;1H/t10-;/m0./s1. The average Bonchev–Trinajstić information content (AvgIpc) is 2.30. The first-order valence-electron chi connectivity index (χ1n) is 5.09. The molecule has 3 nitrogen and oxygen atoms in total. The molecule has 0 saturated carbocycles. The predicted molar refractivity (Wildman–Crippen MR) is 74.1 cm³/mol. The Morgan fingerprint density at radius 3 is 2.50 bits per heavy atom. The molecule has 0 fully saturated rings. The molecule has 0 aliphatic carbocycles. The normalized spacial score (nSPS) is 12.6. The number of esters is 1. The Labute approximate surface area is 120 Å². The molecule has 1 rings (SSSR count). The van der Waals surface area contributed by atoms with Gasteiger partial charge >= 0.3 is 5.97 Å². The Morgan fingerprint density at radius 2 is 2.06 bits per heavy atom. The fourth-order valence-electron chi connectivity index (χ4n) is 1.51. The summed E-state index contributed by atoms with van der Waals surface area (Å²) in [5.74, 6) is -0.827. The first-order chi connectivity index (χ1) is 7.80. The van der Waals surface area contributed by atoms with Crippen LogP contribution in [0.4, 0.5) is 4.39 Å². The number of rotatable bonds is 3. The van der Waals surface area contributed by atoms with Crippen molar-refractivity contribution in [2.24, 2.45) is 11.1 Å². The smallest absolute Gasteiger partial charge is 0.313 e. The number of methoxy groups -OCH3 is 1.